The van der Waals surface area contributed by atoms with Crippen LogP contribution in [0.5, 0.6) is 0 Å². The highest BCUT2D eigenvalue weighted by Gasteiger charge is 2.28. The van der Waals surface area contributed by atoms with Gasteiger partial charge in [-0.3, -0.25) is 14.4 Å². The molecule has 0 unspecified atom stereocenters. The van der Waals surface area contributed by atoms with Gasteiger partial charge in [-0.25, -0.2) is 4.98 Å². The number of thiazole rings is 1. The Morgan fingerprint density at radius 3 is 2.50 bits per heavy atom. The minimum atomic E-state index is -0.833. The van der Waals surface area contributed by atoms with E-state index in [1.54, 1.807) is 4.90 Å². The summed E-state index contributed by atoms with van der Waals surface area (Å²) in [6.07, 6.45) is 1.45. The van der Waals surface area contributed by atoms with Gasteiger partial charge >= 0.3 is 0 Å². The average molecular weight is 433 g/mol. The second-order valence-corrected chi connectivity index (χ2v) is 8.13. The molecule has 0 aliphatic carbocycles. The predicted molar refractivity (Wildman–Crippen MR) is 116 cm³/mol. The van der Waals surface area contributed by atoms with Gasteiger partial charge in [0.25, 0.3) is 5.97 Å². The van der Waals surface area contributed by atoms with Crippen LogP contribution in [-0.2, 0) is 20.9 Å². The minimum Gasteiger partial charge on any atom is -0.481 e. The number of rotatable bonds is 4. The largest absolute Gasteiger partial charge is 0.481 e. The second-order valence-electron chi connectivity index (χ2n) is 7.19. The highest BCUT2D eigenvalue weighted by Crippen LogP contribution is 2.22. The summed E-state index contributed by atoms with van der Waals surface area (Å²) in [5, 5.41) is 13.2. The SMILES string of the molecule is CC(=O)N1C[C@@H](N)CC[C@@H](C(=O)NCc2nc(-c3ccccc3)cs2)C1.CC(=O)O. The van der Waals surface area contributed by atoms with E-state index >= 15 is 0 Å². The number of carboxylic acid groups (broad SMARTS) is 1. The van der Waals surface area contributed by atoms with Crippen molar-refractivity contribution in [2.45, 2.75) is 39.3 Å². The van der Waals surface area contributed by atoms with Crippen LogP contribution in [0.1, 0.15) is 31.7 Å². The molecule has 2 heterocycles. The first kappa shape index (κ1) is 23.5. The summed E-state index contributed by atoms with van der Waals surface area (Å²) in [6, 6.07) is 9.90. The lowest BCUT2D eigenvalue weighted by Crippen LogP contribution is -2.42. The van der Waals surface area contributed by atoms with Crippen LogP contribution in [-0.4, -0.2) is 51.9 Å². The standard InChI is InChI=1S/C19H24N4O2S.C2H4O2/c1-13(24)23-10-15(7-8-16(20)11-23)19(25)21-9-18-22-17(12-26-18)14-5-3-2-4-6-14;1-2(3)4/h2-6,12,15-16H,7-11,20H2,1H3,(H,21,25);1H3,(H,3,4)/t15-,16+;/m1./s1. The normalized spacial score (nSPS) is 18.6. The van der Waals surface area contributed by atoms with E-state index in [1.165, 1.54) is 18.3 Å². The van der Waals surface area contributed by atoms with Crippen molar-refractivity contribution < 1.29 is 19.5 Å². The maximum absolute atomic E-state index is 12.6. The zero-order valence-electron chi connectivity index (χ0n) is 17.2. The molecule has 162 valence electrons. The molecule has 1 fully saturated rings. The Kier molecular flexibility index (Phi) is 8.94. The average Bonchev–Trinajstić information content (AvgIpc) is 3.08. The number of likely N-dealkylation sites (tertiary alicyclic amines) is 1. The van der Waals surface area contributed by atoms with Crippen molar-refractivity contribution in [3.63, 3.8) is 0 Å². The number of aliphatic carboxylic acids is 1. The molecule has 2 aromatic rings. The molecule has 1 saturated heterocycles. The van der Waals surface area contributed by atoms with Crippen LogP contribution in [0.25, 0.3) is 11.3 Å². The number of nitrogens with two attached hydrogens (primary N) is 1. The highest BCUT2D eigenvalue weighted by atomic mass is 32.1. The molecule has 2 amide bonds. The smallest absolute Gasteiger partial charge is 0.300 e. The third-order valence-corrected chi connectivity index (χ3v) is 5.48. The van der Waals surface area contributed by atoms with Crippen LogP contribution in [0.3, 0.4) is 0 Å². The monoisotopic (exact) mass is 432 g/mol. The molecule has 2 atom stereocenters. The Bertz CT molecular complexity index is 852. The van der Waals surface area contributed by atoms with Gasteiger partial charge in [-0.1, -0.05) is 30.3 Å². The lowest BCUT2D eigenvalue weighted by Gasteiger charge is -2.23. The molecule has 9 heteroatoms. The van der Waals surface area contributed by atoms with Gasteiger partial charge in [0.15, 0.2) is 0 Å². The Hall–Kier alpha value is -2.78. The summed E-state index contributed by atoms with van der Waals surface area (Å²) in [5.74, 6) is -1.13. The fraction of sp³-hybridized carbons (Fsp3) is 0.429. The number of benzene rings is 1. The van der Waals surface area contributed by atoms with E-state index < -0.39 is 5.97 Å². The zero-order valence-corrected chi connectivity index (χ0v) is 18.0. The maximum Gasteiger partial charge on any atom is 0.300 e. The van der Waals surface area contributed by atoms with Gasteiger partial charge in [-0.05, 0) is 12.8 Å². The molecular formula is C21H28N4O4S. The van der Waals surface area contributed by atoms with Crippen LogP contribution in [0.15, 0.2) is 35.7 Å². The zero-order chi connectivity index (χ0) is 22.1. The number of hydrogen-bond acceptors (Lipinski definition) is 6. The molecule has 30 heavy (non-hydrogen) atoms. The van der Waals surface area contributed by atoms with Crippen LogP contribution in [0.4, 0.5) is 0 Å². The van der Waals surface area contributed by atoms with Crippen molar-refractivity contribution in [3.8, 4) is 11.3 Å². The summed E-state index contributed by atoms with van der Waals surface area (Å²) in [7, 11) is 0. The van der Waals surface area contributed by atoms with Crippen LogP contribution in [0, 0.1) is 5.92 Å². The van der Waals surface area contributed by atoms with Crippen LogP contribution in [0.2, 0.25) is 0 Å². The molecule has 0 radical (unpaired) electrons. The first-order valence-electron chi connectivity index (χ1n) is 9.74. The second kappa shape index (κ2) is 11.4. The number of amides is 2. The summed E-state index contributed by atoms with van der Waals surface area (Å²) in [5.41, 5.74) is 8.00. The number of carboxylic acids is 1. The van der Waals surface area contributed by atoms with Gasteiger partial charge in [0.2, 0.25) is 11.8 Å². The summed E-state index contributed by atoms with van der Waals surface area (Å²) >= 11 is 1.53. The summed E-state index contributed by atoms with van der Waals surface area (Å²) < 4.78 is 0. The van der Waals surface area contributed by atoms with E-state index in [-0.39, 0.29) is 23.8 Å². The van der Waals surface area contributed by atoms with E-state index in [9.17, 15) is 9.59 Å². The van der Waals surface area contributed by atoms with Crippen molar-refractivity contribution in [1.29, 1.82) is 0 Å². The molecule has 0 bridgehead atoms. The first-order valence-corrected chi connectivity index (χ1v) is 10.6. The van der Waals surface area contributed by atoms with E-state index in [0.717, 1.165) is 29.6 Å². The van der Waals surface area contributed by atoms with Crippen molar-refractivity contribution in [3.05, 3.63) is 40.7 Å². The molecule has 8 nitrogen and oxygen atoms in total. The Labute approximate surface area is 180 Å². The van der Waals surface area contributed by atoms with Crippen molar-refractivity contribution in [2.24, 2.45) is 11.7 Å². The minimum absolute atomic E-state index is 0.0347. The Morgan fingerprint density at radius 1 is 1.20 bits per heavy atom. The topological polar surface area (TPSA) is 126 Å². The number of aromatic nitrogens is 1. The fourth-order valence-corrected chi connectivity index (χ4v) is 3.88. The molecule has 0 saturated carbocycles. The Balaban J connectivity index is 0.000000735. The lowest BCUT2D eigenvalue weighted by atomic mass is 10.0. The van der Waals surface area contributed by atoms with E-state index in [0.29, 0.717) is 26.1 Å². The fourth-order valence-electron chi connectivity index (χ4n) is 3.13. The van der Waals surface area contributed by atoms with Crippen molar-refractivity contribution in [1.82, 2.24) is 15.2 Å². The van der Waals surface area contributed by atoms with Gasteiger partial charge in [0.05, 0.1) is 18.2 Å². The molecule has 1 aromatic carbocycles. The number of carbonyl (C=O) groups excluding carboxylic acids is 2. The highest BCUT2D eigenvalue weighted by molar-refractivity contribution is 7.09. The van der Waals surface area contributed by atoms with Gasteiger partial charge in [-0.15, -0.1) is 11.3 Å². The van der Waals surface area contributed by atoms with Gasteiger partial charge in [0.1, 0.15) is 5.01 Å². The summed E-state index contributed by atoms with van der Waals surface area (Å²) in [4.78, 5) is 39.5. The number of carbonyl (C=O) groups is 3. The molecule has 4 N–H and O–H groups in total. The number of hydrogen-bond donors (Lipinski definition) is 3. The quantitative estimate of drug-likeness (QED) is 0.679. The maximum atomic E-state index is 12.6. The molecule has 1 aliphatic rings. The third kappa shape index (κ3) is 7.57. The van der Waals surface area contributed by atoms with E-state index in [4.69, 9.17) is 15.6 Å². The Morgan fingerprint density at radius 2 is 1.87 bits per heavy atom. The predicted octanol–water partition coefficient (Wildman–Crippen LogP) is 2.10. The van der Waals surface area contributed by atoms with E-state index in [2.05, 4.69) is 10.3 Å². The summed E-state index contributed by atoms with van der Waals surface area (Å²) in [6.45, 7) is 3.96. The van der Waals surface area contributed by atoms with Crippen LogP contribution < -0.4 is 11.1 Å². The van der Waals surface area contributed by atoms with Crippen LogP contribution >= 0.6 is 11.3 Å². The first-order chi connectivity index (χ1) is 14.3. The van der Waals surface area contributed by atoms with Gasteiger partial charge in [0, 0.05) is 43.9 Å². The molecule has 0 spiro atoms. The van der Waals surface area contributed by atoms with Gasteiger partial charge in [-0.2, -0.15) is 0 Å². The number of nitrogens with zero attached hydrogens (tertiary/aromatic N) is 2. The molecule has 1 aromatic heterocycles. The molecule has 3 rings (SSSR count). The van der Waals surface area contributed by atoms with Crippen molar-refractivity contribution in [2.75, 3.05) is 13.1 Å². The number of nitrogens with one attached hydrogen (secondary N) is 1. The third-order valence-electron chi connectivity index (χ3n) is 4.63. The molecule has 1 aliphatic heterocycles. The lowest BCUT2D eigenvalue weighted by molar-refractivity contribution is -0.134. The van der Waals surface area contributed by atoms with Gasteiger partial charge < -0.3 is 21.1 Å². The molecular weight excluding hydrogens is 404 g/mol. The van der Waals surface area contributed by atoms with Crippen molar-refractivity contribution >= 4 is 29.1 Å². The van der Waals surface area contributed by atoms with E-state index in [1.807, 2.05) is 35.7 Å².